The van der Waals surface area contributed by atoms with Crippen LogP contribution in [0.4, 0.5) is 0 Å². The second kappa shape index (κ2) is 5.65. The lowest BCUT2D eigenvalue weighted by Gasteiger charge is -2.20. The summed E-state index contributed by atoms with van der Waals surface area (Å²) in [7, 11) is 0. The molecule has 94 valence electrons. The van der Waals surface area contributed by atoms with Gasteiger partial charge in [0.1, 0.15) is 21.8 Å². The first-order valence-corrected chi connectivity index (χ1v) is 6.85. The highest BCUT2D eigenvalue weighted by Crippen LogP contribution is 2.19. The van der Waals surface area contributed by atoms with Crippen molar-refractivity contribution in [2.45, 2.75) is 39.4 Å². The molecule has 1 heterocycles. The van der Waals surface area contributed by atoms with E-state index in [0.29, 0.717) is 0 Å². The minimum atomic E-state index is -1.24. The first-order chi connectivity index (χ1) is 7.82. The number of rotatable bonds is 3. The van der Waals surface area contributed by atoms with Crippen LogP contribution < -0.4 is 0 Å². The lowest BCUT2D eigenvalue weighted by Crippen LogP contribution is -2.28. The number of pyridine rings is 1. The van der Waals surface area contributed by atoms with Gasteiger partial charge in [-0.05, 0) is 32.9 Å². The summed E-state index contributed by atoms with van der Waals surface area (Å²) >= 11 is -1.24. The second-order valence-electron chi connectivity index (χ2n) is 5.21. The van der Waals surface area contributed by atoms with Crippen molar-refractivity contribution in [1.82, 2.24) is 4.98 Å². The average Bonchev–Trinajstić information content (AvgIpc) is 2.25. The molecule has 0 aliphatic rings. The van der Waals surface area contributed by atoms with Crippen LogP contribution in [0.2, 0.25) is 0 Å². The van der Waals surface area contributed by atoms with Crippen LogP contribution in [0.3, 0.4) is 0 Å². The Morgan fingerprint density at radius 3 is 2.41 bits per heavy atom. The van der Waals surface area contributed by atoms with Crippen LogP contribution in [0.1, 0.15) is 40.3 Å². The Morgan fingerprint density at radius 2 is 2.00 bits per heavy atom. The van der Waals surface area contributed by atoms with E-state index in [1.165, 1.54) is 0 Å². The summed E-state index contributed by atoms with van der Waals surface area (Å²) in [6, 6.07) is 5.68. The normalized spacial score (nSPS) is 15.1. The highest BCUT2D eigenvalue weighted by atomic mass is 32.2. The van der Waals surface area contributed by atoms with E-state index in [9.17, 15) is 4.55 Å². The van der Waals surface area contributed by atoms with Crippen LogP contribution >= 0.6 is 0 Å². The van der Waals surface area contributed by atoms with Crippen molar-refractivity contribution in [2.75, 3.05) is 0 Å². The summed E-state index contributed by atoms with van der Waals surface area (Å²) in [4.78, 5) is 4.27. The third-order valence-electron chi connectivity index (χ3n) is 2.18. The second-order valence-corrected chi connectivity index (χ2v) is 7.11. The third kappa shape index (κ3) is 4.13. The van der Waals surface area contributed by atoms with Crippen LogP contribution in [-0.4, -0.2) is 20.0 Å². The number of hydrogen-bond donors (Lipinski definition) is 0. The van der Waals surface area contributed by atoms with Crippen LogP contribution in [0.25, 0.3) is 0 Å². The van der Waals surface area contributed by atoms with Gasteiger partial charge in [-0.1, -0.05) is 24.3 Å². The van der Waals surface area contributed by atoms with Crippen molar-refractivity contribution in [3.8, 4) is 0 Å². The number of nitrogens with zero attached hydrogens (tertiary/aromatic N) is 2. The molecule has 0 aromatic carbocycles. The van der Waals surface area contributed by atoms with Gasteiger partial charge in [-0.2, -0.15) is 0 Å². The predicted molar refractivity (Wildman–Crippen MR) is 73.5 cm³/mol. The van der Waals surface area contributed by atoms with Gasteiger partial charge in [0.25, 0.3) is 0 Å². The Balaban J connectivity index is 3.07. The zero-order chi connectivity index (χ0) is 13.1. The maximum Gasteiger partial charge on any atom is 0.144 e. The van der Waals surface area contributed by atoms with E-state index in [1.807, 2.05) is 52.8 Å². The predicted octanol–water partition coefficient (Wildman–Crippen LogP) is 2.99. The molecule has 0 radical (unpaired) electrons. The zero-order valence-corrected chi connectivity index (χ0v) is 11.9. The van der Waals surface area contributed by atoms with Crippen molar-refractivity contribution in [1.29, 1.82) is 0 Å². The maximum atomic E-state index is 12.0. The molecule has 4 heteroatoms. The zero-order valence-electron chi connectivity index (χ0n) is 11.1. The Kier molecular flexibility index (Phi) is 4.71. The van der Waals surface area contributed by atoms with Gasteiger partial charge in [0.15, 0.2) is 0 Å². The monoisotopic (exact) mass is 252 g/mol. The van der Waals surface area contributed by atoms with Crippen molar-refractivity contribution < 1.29 is 4.55 Å². The fraction of sp³-hybridized carbons (Fsp3) is 0.538. The molecule has 0 N–H and O–H groups in total. The molecule has 0 amide bonds. The van der Waals surface area contributed by atoms with E-state index in [4.69, 9.17) is 0 Å². The van der Waals surface area contributed by atoms with Crippen LogP contribution in [0.15, 0.2) is 28.8 Å². The van der Waals surface area contributed by atoms with Gasteiger partial charge in [-0.3, -0.25) is 4.98 Å². The van der Waals surface area contributed by atoms with Crippen LogP contribution in [0, 0.1) is 5.92 Å². The van der Waals surface area contributed by atoms with Gasteiger partial charge in [-0.25, -0.2) is 0 Å². The van der Waals surface area contributed by atoms with E-state index in [1.54, 1.807) is 6.20 Å². The highest BCUT2D eigenvalue weighted by Gasteiger charge is 2.28. The van der Waals surface area contributed by atoms with Crippen molar-refractivity contribution in [3.63, 3.8) is 0 Å². The quantitative estimate of drug-likeness (QED) is 0.613. The standard InChI is InChI=1S/C13H20N2OS/c1-10(2)12(11-8-6-7-9-14-11)15-17(16)13(3,4)5/h6-10H,1-5H3/b15-12-. The molecule has 3 nitrogen and oxygen atoms in total. The lowest BCUT2D eigenvalue weighted by molar-refractivity contribution is 0.561. The van der Waals surface area contributed by atoms with E-state index >= 15 is 0 Å². The van der Waals surface area contributed by atoms with Gasteiger partial charge < -0.3 is 4.55 Å². The molecule has 0 bridgehead atoms. The Bertz CT molecular complexity index is 382. The van der Waals surface area contributed by atoms with Gasteiger partial charge in [0.2, 0.25) is 0 Å². The van der Waals surface area contributed by atoms with E-state index in [2.05, 4.69) is 9.38 Å². The molecule has 0 aliphatic carbocycles. The minimum absolute atomic E-state index is 0.205. The molecule has 0 fully saturated rings. The van der Waals surface area contributed by atoms with E-state index in [0.717, 1.165) is 11.4 Å². The smallest absolute Gasteiger partial charge is 0.144 e. The summed E-state index contributed by atoms with van der Waals surface area (Å²) in [5.74, 6) is 0.205. The largest absolute Gasteiger partial charge is 0.591 e. The fourth-order valence-corrected chi connectivity index (χ4v) is 1.95. The minimum Gasteiger partial charge on any atom is -0.591 e. The van der Waals surface area contributed by atoms with E-state index in [-0.39, 0.29) is 10.7 Å². The summed E-state index contributed by atoms with van der Waals surface area (Å²) < 4.78 is 16.1. The molecule has 0 aliphatic heterocycles. The first-order valence-electron chi connectivity index (χ1n) is 5.74. The van der Waals surface area contributed by atoms with Crippen LogP contribution in [-0.2, 0) is 11.4 Å². The molecule has 17 heavy (non-hydrogen) atoms. The third-order valence-corrected chi connectivity index (χ3v) is 3.59. The molecule has 1 aromatic heterocycles. The van der Waals surface area contributed by atoms with Crippen molar-refractivity contribution >= 4 is 17.1 Å². The molecule has 1 unspecified atom stereocenters. The molecule has 0 saturated heterocycles. The van der Waals surface area contributed by atoms with Crippen molar-refractivity contribution in [3.05, 3.63) is 30.1 Å². The lowest BCUT2D eigenvalue weighted by atomic mass is 10.1. The summed E-state index contributed by atoms with van der Waals surface area (Å²) in [6.07, 6.45) is 1.73. The summed E-state index contributed by atoms with van der Waals surface area (Å²) in [5, 5.41) is 0. The molecule has 1 rings (SSSR count). The van der Waals surface area contributed by atoms with Gasteiger partial charge >= 0.3 is 0 Å². The Labute approximate surface area is 107 Å². The Morgan fingerprint density at radius 1 is 1.35 bits per heavy atom. The van der Waals surface area contributed by atoms with Crippen molar-refractivity contribution in [2.24, 2.45) is 10.3 Å². The SMILES string of the molecule is CC(C)/C(=N/[S+]([O-])C(C)(C)C)c1ccccn1. The number of hydrogen-bond acceptors (Lipinski definition) is 3. The molecule has 1 atom stereocenters. The average molecular weight is 252 g/mol. The maximum absolute atomic E-state index is 12.0. The van der Waals surface area contributed by atoms with Crippen LogP contribution in [0.5, 0.6) is 0 Å². The Hall–Kier alpha value is -0.870. The summed E-state index contributed by atoms with van der Waals surface area (Å²) in [5.41, 5.74) is 1.61. The fourth-order valence-electron chi connectivity index (χ4n) is 1.19. The molecule has 1 aromatic rings. The van der Waals surface area contributed by atoms with Gasteiger partial charge in [-0.15, -0.1) is 0 Å². The highest BCUT2D eigenvalue weighted by molar-refractivity contribution is 7.91. The molecule has 0 saturated carbocycles. The topological polar surface area (TPSA) is 48.3 Å². The first kappa shape index (κ1) is 14.2. The number of aromatic nitrogens is 1. The summed E-state index contributed by atoms with van der Waals surface area (Å²) in [6.45, 7) is 9.83. The van der Waals surface area contributed by atoms with E-state index < -0.39 is 11.4 Å². The molecule has 0 spiro atoms. The molecular weight excluding hydrogens is 232 g/mol. The van der Waals surface area contributed by atoms with Gasteiger partial charge in [0, 0.05) is 12.1 Å². The molecular formula is C13H20N2OS. The van der Waals surface area contributed by atoms with Gasteiger partial charge in [0.05, 0.1) is 5.69 Å².